The van der Waals surface area contributed by atoms with Crippen LogP contribution in [-0.4, -0.2) is 89.2 Å². The van der Waals surface area contributed by atoms with Crippen LogP contribution in [0.4, 0.5) is 26.3 Å². The molecular formula is C46H53ClF6N2O7. The summed E-state index contributed by atoms with van der Waals surface area (Å²) in [6.45, 7) is 5.55. The molecule has 2 aliphatic heterocycles. The number of hydrogen-bond acceptors (Lipinski definition) is 9. The lowest BCUT2D eigenvalue weighted by molar-refractivity contribution is -0.312. The first-order valence-corrected chi connectivity index (χ1v) is 21.5. The number of rotatable bonds is 4. The largest absolute Gasteiger partial charge is 0.445 e. The van der Waals surface area contributed by atoms with Crippen LogP contribution in [0, 0.1) is 28.6 Å². The number of benzene rings is 1. The highest BCUT2D eigenvalue weighted by Gasteiger charge is 2.76. The van der Waals surface area contributed by atoms with Crippen molar-refractivity contribution in [2.45, 2.75) is 122 Å². The quantitative estimate of drug-likeness (QED) is 0.260. The third-order valence-corrected chi connectivity index (χ3v) is 14.5. The maximum atomic E-state index is 13.2. The molecule has 0 bridgehead atoms. The Balaban J connectivity index is 0.000000158. The van der Waals surface area contributed by atoms with Crippen LogP contribution in [0.1, 0.15) is 88.6 Å². The van der Waals surface area contributed by atoms with Crippen LogP contribution in [0.15, 0.2) is 65.9 Å². The van der Waals surface area contributed by atoms with E-state index in [4.69, 9.17) is 26.1 Å². The van der Waals surface area contributed by atoms with Crippen LogP contribution >= 0.6 is 11.6 Å². The van der Waals surface area contributed by atoms with Gasteiger partial charge in [-0.05, 0) is 137 Å². The summed E-state index contributed by atoms with van der Waals surface area (Å²) in [5.41, 5.74) is 7.00. The fraction of sp³-hybridized carbons (Fsp3) is 0.587. The maximum absolute atomic E-state index is 13.2. The number of nitrogens with one attached hydrogen (secondary N) is 1. The van der Waals surface area contributed by atoms with Crippen LogP contribution in [-0.2, 0) is 36.6 Å². The van der Waals surface area contributed by atoms with E-state index in [0.717, 1.165) is 62.2 Å². The molecule has 1 aromatic heterocycles. The zero-order valence-electron chi connectivity index (χ0n) is 35.0. The number of ketones is 2. The first kappa shape index (κ1) is 46.5. The number of carbonyl (C=O) groups is 2. The van der Waals surface area contributed by atoms with Gasteiger partial charge in [-0.2, -0.15) is 22.0 Å². The Bertz CT molecular complexity index is 2140. The average Bonchev–Trinajstić information content (AvgIpc) is 3.55. The van der Waals surface area contributed by atoms with E-state index in [9.17, 15) is 46.1 Å². The SMILES string of the molecule is CC1(C)O[C@@H]2C[C@H]3[C@@H]4CCC5=CC(=O)C=C[C@]5(C)[C@H]4[C@@H](O)C[C@]3(C)[C@]2(C(=O)CO)O1.Clc1ccc2c(c1)CCc1cccnc1C2=C1CCNCC1.FC(F)OC(F)C(F)(F)F. The van der Waals surface area contributed by atoms with E-state index < -0.39 is 54.8 Å². The number of hydrogen-bond donors (Lipinski definition) is 3. The van der Waals surface area contributed by atoms with E-state index in [1.54, 1.807) is 26.0 Å². The zero-order chi connectivity index (χ0) is 45.0. The number of nitrogens with zero attached hydrogens (tertiary/aromatic N) is 1. The van der Waals surface area contributed by atoms with Gasteiger partial charge in [0.15, 0.2) is 23.0 Å². The Hall–Kier alpha value is -3.44. The van der Waals surface area contributed by atoms with E-state index in [-0.39, 0.29) is 34.7 Å². The second-order valence-electron chi connectivity index (χ2n) is 18.2. The van der Waals surface area contributed by atoms with Crippen LogP contribution in [0.3, 0.4) is 0 Å². The van der Waals surface area contributed by atoms with Crippen molar-refractivity contribution in [3.05, 3.63) is 93.3 Å². The number of pyridine rings is 1. The average molecular weight is 895 g/mol. The number of ether oxygens (including phenoxy) is 3. The molecule has 7 aliphatic rings. The van der Waals surface area contributed by atoms with E-state index in [1.807, 2.05) is 31.3 Å². The molecule has 3 heterocycles. The topological polar surface area (TPSA) is 127 Å². The number of halogens is 7. The van der Waals surface area contributed by atoms with Gasteiger partial charge in [-0.3, -0.25) is 19.3 Å². The molecule has 0 amide bonds. The van der Waals surface area contributed by atoms with E-state index in [1.165, 1.54) is 33.5 Å². The molecule has 338 valence electrons. The third kappa shape index (κ3) is 8.47. The molecule has 9 rings (SSSR count). The van der Waals surface area contributed by atoms with Crippen molar-refractivity contribution >= 4 is 28.7 Å². The van der Waals surface area contributed by atoms with Gasteiger partial charge in [0.05, 0.1) is 17.9 Å². The first-order chi connectivity index (χ1) is 29.1. The number of fused-ring (bicyclic) bond motifs is 9. The lowest BCUT2D eigenvalue weighted by Crippen LogP contribution is -2.63. The summed E-state index contributed by atoms with van der Waals surface area (Å²) in [7, 11) is 0. The second kappa shape index (κ2) is 17.5. The van der Waals surface area contributed by atoms with Gasteiger partial charge in [-0.1, -0.05) is 54.8 Å². The first-order valence-electron chi connectivity index (χ1n) is 21.1. The third-order valence-electron chi connectivity index (χ3n) is 14.2. The fourth-order valence-electron chi connectivity index (χ4n) is 11.8. The Labute approximate surface area is 361 Å². The molecule has 2 saturated heterocycles. The normalized spacial score (nSPS) is 33.5. The fourth-order valence-corrected chi connectivity index (χ4v) is 12.0. The molecule has 3 N–H and O–H groups in total. The summed E-state index contributed by atoms with van der Waals surface area (Å²) in [6, 6.07) is 10.6. The summed E-state index contributed by atoms with van der Waals surface area (Å²) in [6.07, 6.45) is 3.94. The molecule has 5 aliphatic carbocycles. The minimum atomic E-state index is -5.38. The van der Waals surface area contributed by atoms with Gasteiger partial charge in [0.25, 0.3) is 6.36 Å². The number of allylic oxidation sites excluding steroid dienone is 4. The molecule has 0 spiro atoms. The number of aromatic nitrogens is 1. The number of piperidine rings is 1. The summed E-state index contributed by atoms with van der Waals surface area (Å²) >= 11 is 6.23. The molecule has 5 fully saturated rings. The Morgan fingerprint density at radius 3 is 2.42 bits per heavy atom. The molecule has 1 aromatic carbocycles. The predicted octanol–water partition coefficient (Wildman–Crippen LogP) is 8.43. The molecule has 0 radical (unpaired) electrons. The van der Waals surface area contributed by atoms with Crippen LogP contribution < -0.4 is 5.32 Å². The number of Topliss-reactive ketones (excluding diaryl/α,β-unsaturated/α-hetero) is 1. The van der Waals surface area contributed by atoms with E-state index in [0.29, 0.717) is 12.8 Å². The van der Waals surface area contributed by atoms with E-state index >= 15 is 0 Å². The minimum absolute atomic E-state index is 0.0167. The number of aliphatic hydroxyl groups excluding tert-OH is 2. The highest BCUT2D eigenvalue weighted by Crippen LogP contribution is 2.70. The van der Waals surface area contributed by atoms with Crippen molar-refractivity contribution in [3.63, 3.8) is 0 Å². The number of alkyl halides is 6. The zero-order valence-corrected chi connectivity index (χ0v) is 35.8. The Morgan fingerprint density at radius 2 is 1.76 bits per heavy atom. The van der Waals surface area contributed by atoms with Crippen molar-refractivity contribution in [2.75, 3.05) is 19.7 Å². The van der Waals surface area contributed by atoms with E-state index in [2.05, 4.69) is 35.2 Å². The molecule has 16 heteroatoms. The molecule has 3 saturated carbocycles. The molecule has 62 heavy (non-hydrogen) atoms. The van der Waals surface area contributed by atoms with Gasteiger partial charge in [0.1, 0.15) is 6.61 Å². The van der Waals surface area contributed by atoms with Crippen molar-refractivity contribution in [2.24, 2.45) is 28.6 Å². The summed E-state index contributed by atoms with van der Waals surface area (Å²) < 4.78 is 81.0. The lowest BCUT2D eigenvalue weighted by Gasteiger charge is -2.59. The molecule has 1 unspecified atom stereocenters. The number of aliphatic hydroxyl groups is 2. The lowest BCUT2D eigenvalue weighted by atomic mass is 9.46. The summed E-state index contributed by atoms with van der Waals surface area (Å²) in [4.78, 5) is 29.9. The highest BCUT2D eigenvalue weighted by molar-refractivity contribution is 6.30. The molecule has 9 atom stereocenters. The molecular weight excluding hydrogens is 842 g/mol. The van der Waals surface area contributed by atoms with Gasteiger partial charge >= 0.3 is 12.8 Å². The van der Waals surface area contributed by atoms with Crippen LogP contribution in [0.2, 0.25) is 5.02 Å². The van der Waals surface area contributed by atoms with Crippen molar-refractivity contribution in [1.82, 2.24) is 10.3 Å². The predicted molar refractivity (Wildman–Crippen MR) is 218 cm³/mol. The van der Waals surface area contributed by atoms with Crippen molar-refractivity contribution in [1.29, 1.82) is 0 Å². The second-order valence-corrected chi connectivity index (χ2v) is 18.6. The summed E-state index contributed by atoms with van der Waals surface area (Å²) in [5, 5.41) is 25.6. The Morgan fingerprint density at radius 1 is 1.05 bits per heavy atom. The smallest absolute Gasteiger partial charge is 0.393 e. The van der Waals surface area contributed by atoms with Gasteiger partial charge in [0, 0.05) is 33.5 Å². The standard InChI is InChI=1S/C24H32O6.C19H19ClN2.C3H2F6O/c1-21(2)29-19-10-16-15-6-5-13-9-14(26)7-8-22(13,3)20(15)17(27)11-23(16,4)24(19,30-21)18(28)12-25;20-16-5-6-17-15(12-16)4-3-14-2-1-9-22-19(14)18(17)13-7-10-21-11-8-13;4-1(3(7,8)9)10-2(5)6/h7-9,15-17,19-20,25,27H,5-6,10-12H2,1-4H3;1-2,5-6,9,12,21H,3-4,7-8,10-11H2;1-2H/t15-,16-,17-,19+,20+,22-,23-,24+;;/m0../s1. The number of aryl methyl sites for hydroxylation is 2. The number of carbonyl (C=O) groups excluding carboxylic acids is 2. The Kier molecular flexibility index (Phi) is 13.1. The van der Waals surface area contributed by atoms with Gasteiger partial charge in [-0.25, -0.2) is 4.39 Å². The van der Waals surface area contributed by atoms with Gasteiger partial charge in [0.2, 0.25) is 0 Å². The van der Waals surface area contributed by atoms with Crippen LogP contribution in [0.25, 0.3) is 5.57 Å². The molecule has 9 nitrogen and oxygen atoms in total. The monoisotopic (exact) mass is 894 g/mol. The molecule has 2 aromatic rings. The van der Waals surface area contributed by atoms with Crippen molar-refractivity contribution < 1.29 is 60.4 Å². The van der Waals surface area contributed by atoms with Crippen molar-refractivity contribution in [3.8, 4) is 0 Å². The van der Waals surface area contributed by atoms with Gasteiger partial charge in [-0.15, -0.1) is 0 Å². The van der Waals surface area contributed by atoms with Gasteiger partial charge < -0.3 is 25.0 Å². The highest BCUT2D eigenvalue weighted by atomic mass is 35.5. The van der Waals surface area contributed by atoms with Crippen LogP contribution in [0.5, 0.6) is 0 Å². The summed E-state index contributed by atoms with van der Waals surface area (Å²) in [5.74, 6) is -0.947. The minimum Gasteiger partial charge on any atom is -0.393 e. The maximum Gasteiger partial charge on any atom is 0.445 e.